The minimum Gasteiger partial charge on any atom is -0.458 e. The number of hydrogen-bond acceptors (Lipinski definition) is 3. The summed E-state index contributed by atoms with van der Waals surface area (Å²) in [5.41, 5.74) is 2.07. The lowest BCUT2D eigenvalue weighted by molar-refractivity contribution is 0.140. The lowest BCUT2D eigenvalue weighted by Crippen LogP contribution is -2.38. The Morgan fingerprint density at radius 1 is 1.30 bits per heavy atom. The minimum atomic E-state index is -0.615. The summed E-state index contributed by atoms with van der Waals surface area (Å²) in [7, 11) is 0. The molecule has 0 amide bonds. The molecule has 0 bridgehead atoms. The molecule has 1 unspecified atom stereocenters. The van der Waals surface area contributed by atoms with Gasteiger partial charge in [0.15, 0.2) is 0 Å². The van der Waals surface area contributed by atoms with Gasteiger partial charge in [0.2, 0.25) is 0 Å². The highest BCUT2D eigenvalue weighted by Gasteiger charge is 2.17. The summed E-state index contributed by atoms with van der Waals surface area (Å²) in [6.07, 6.45) is 0.317. The molecule has 1 atom stereocenters. The van der Waals surface area contributed by atoms with Crippen molar-refractivity contribution in [3.8, 4) is 0 Å². The first kappa shape index (κ1) is 16.7. The normalized spacial score (nSPS) is 13.2. The van der Waals surface area contributed by atoms with Crippen molar-refractivity contribution in [3.63, 3.8) is 0 Å². The van der Waals surface area contributed by atoms with Crippen LogP contribution in [0.3, 0.4) is 0 Å². The number of rotatable bonds is 4. The molecule has 0 aliphatic heterocycles. The van der Waals surface area contributed by atoms with Gasteiger partial charge in [0, 0.05) is 17.5 Å². The van der Waals surface area contributed by atoms with Crippen molar-refractivity contribution in [2.24, 2.45) is 0 Å². The van der Waals surface area contributed by atoms with Crippen LogP contribution >= 0.6 is 0 Å². The zero-order valence-corrected chi connectivity index (χ0v) is 12.7. The molecule has 4 nitrogen and oxygen atoms in total. The third-order valence-electron chi connectivity index (χ3n) is 3.18. The van der Waals surface area contributed by atoms with E-state index in [0.29, 0.717) is 12.3 Å². The smallest absolute Gasteiger partial charge is 0.137 e. The van der Waals surface area contributed by atoms with E-state index in [-0.39, 0.29) is 11.0 Å². The maximum Gasteiger partial charge on any atom is 0.137 e. The number of hydrogen-bond donors (Lipinski definition) is 2. The number of nitrogens with one attached hydrogen (secondary N) is 1. The van der Waals surface area contributed by atoms with Gasteiger partial charge >= 0.3 is 0 Å². The summed E-state index contributed by atoms with van der Waals surface area (Å²) in [6.45, 7) is 8.83. The standard InChI is InChI=1S/C16H23NO2.H2O/c1-5-11-7-6-8-12-9-14(19-15(11)12)13(18)10-17-16(2,3)4;/h6-9,13,17-18H,5,10H2,1-4H3;1H2. The molecule has 1 aromatic heterocycles. The van der Waals surface area contributed by atoms with Crippen LogP contribution in [0.15, 0.2) is 28.7 Å². The second kappa shape index (κ2) is 6.39. The number of aliphatic hydroxyl groups excluding tert-OH is 1. The van der Waals surface area contributed by atoms with E-state index in [1.54, 1.807) is 0 Å². The molecule has 0 aliphatic carbocycles. The van der Waals surface area contributed by atoms with Crippen LogP contribution in [0, 0.1) is 0 Å². The van der Waals surface area contributed by atoms with Crippen molar-refractivity contribution in [3.05, 3.63) is 35.6 Å². The van der Waals surface area contributed by atoms with Gasteiger partial charge in [0.05, 0.1) is 0 Å². The minimum absolute atomic E-state index is 0. The molecule has 112 valence electrons. The highest BCUT2D eigenvalue weighted by Crippen LogP contribution is 2.27. The van der Waals surface area contributed by atoms with Crippen LogP contribution in [0.25, 0.3) is 11.0 Å². The molecule has 0 fully saturated rings. The predicted octanol–water partition coefficient (Wildman–Crippen LogP) is 2.59. The molecule has 0 aliphatic rings. The topological polar surface area (TPSA) is 76.9 Å². The average molecular weight is 279 g/mol. The van der Waals surface area contributed by atoms with Gasteiger partial charge in [-0.15, -0.1) is 0 Å². The van der Waals surface area contributed by atoms with Crippen LogP contribution in [-0.2, 0) is 6.42 Å². The van der Waals surface area contributed by atoms with E-state index in [9.17, 15) is 5.11 Å². The first-order valence-electron chi connectivity index (χ1n) is 6.85. The fourth-order valence-electron chi connectivity index (χ4n) is 2.09. The van der Waals surface area contributed by atoms with Crippen LogP contribution in [0.5, 0.6) is 0 Å². The third kappa shape index (κ3) is 3.82. The summed E-state index contributed by atoms with van der Waals surface area (Å²) >= 11 is 0. The molecule has 0 saturated carbocycles. The van der Waals surface area contributed by atoms with Crippen molar-refractivity contribution in [2.75, 3.05) is 6.54 Å². The van der Waals surface area contributed by atoms with E-state index in [2.05, 4.69) is 39.1 Å². The number of fused-ring (bicyclic) bond motifs is 1. The molecular weight excluding hydrogens is 254 g/mol. The van der Waals surface area contributed by atoms with Crippen molar-refractivity contribution < 1.29 is 15.0 Å². The zero-order valence-electron chi connectivity index (χ0n) is 12.7. The molecule has 0 spiro atoms. The maximum atomic E-state index is 10.2. The van der Waals surface area contributed by atoms with Crippen molar-refractivity contribution in [2.45, 2.75) is 45.8 Å². The molecule has 4 N–H and O–H groups in total. The number of furan rings is 1. The van der Waals surface area contributed by atoms with Gasteiger partial charge in [-0.3, -0.25) is 0 Å². The van der Waals surface area contributed by atoms with Gasteiger partial charge in [0.1, 0.15) is 17.4 Å². The van der Waals surface area contributed by atoms with Crippen LogP contribution in [-0.4, -0.2) is 22.7 Å². The molecule has 0 saturated heterocycles. The largest absolute Gasteiger partial charge is 0.458 e. The second-order valence-electron chi connectivity index (χ2n) is 5.98. The zero-order chi connectivity index (χ0) is 14.0. The molecule has 1 heterocycles. The number of aryl methyl sites for hydroxylation is 1. The summed E-state index contributed by atoms with van der Waals surface area (Å²) in [5, 5.41) is 14.5. The fourth-order valence-corrected chi connectivity index (χ4v) is 2.09. The number of aliphatic hydroxyl groups is 1. The van der Waals surface area contributed by atoms with Crippen LogP contribution in [0.1, 0.15) is 45.1 Å². The van der Waals surface area contributed by atoms with E-state index in [1.165, 1.54) is 5.56 Å². The van der Waals surface area contributed by atoms with Gasteiger partial charge in [-0.25, -0.2) is 0 Å². The van der Waals surface area contributed by atoms with E-state index in [1.807, 2.05) is 18.2 Å². The third-order valence-corrected chi connectivity index (χ3v) is 3.18. The van der Waals surface area contributed by atoms with Crippen molar-refractivity contribution in [1.82, 2.24) is 5.32 Å². The van der Waals surface area contributed by atoms with Gasteiger partial charge in [-0.1, -0.05) is 25.1 Å². The molecule has 2 aromatic rings. The molecular formula is C16H25NO3. The van der Waals surface area contributed by atoms with Crippen molar-refractivity contribution in [1.29, 1.82) is 0 Å². The molecule has 20 heavy (non-hydrogen) atoms. The molecule has 0 radical (unpaired) electrons. The van der Waals surface area contributed by atoms with Gasteiger partial charge in [-0.05, 0) is 38.8 Å². The Hall–Kier alpha value is -1.36. The second-order valence-corrected chi connectivity index (χ2v) is 5.98. The number of β-amino-alcohol motifs (C(OH)–C–C–N with tert-alkyl or cyclic N) is 1. The monoisotopic (exact) mass is 279 g/mol. The van der Waals surface area contributed by atoms with Crippen LogP contribution in [0.2, 0.25) is 0 Å². The Balaban J connectivity index is 0.00000200. The maximum absolute atomic E-state index is 10.2. The highest BCUT2D eigenvalue weighted by atomic mass is 16.4. The predicted molar refractivity (Wildman–Crippen MR) is 81.9 cm³/mol. The Bertz CT molecular complexity index is 554. The Morgan fingerprint density at radius 3 is 2.60 bits per heavy atom. The number of benzene rings is 1. The summed E-state index contributed by atoms with van der Waals surface area (Å²) in [4.78, 5) is 0. The van der Waals surface area contributed by atoms with Gasteiger partial charge in [-0.2, -0.15) is 0 Å². The highest BCUT2D eigenvalue weighted by molar-refractivity contribution is 5.81. The summed E-state index contributed by atoms with van der Waals surface area (Å²) in [6, 6.07) is 8.05. The summed E-state index contributed by atoms with van der Waals surface area (Å²) < 4.78 is 5.83. The van der Waals surface area contributed by atoms with Gasteiger partial charge in [0.25, 0.3) is 0 Å². The summed E-state index contributed by atoms with van der Waals surface area (Å²) in [5.74, 6) is 0.632. The van der Waals surface area contributed by atoms with Gasteiger partial charge < -0.3 is 20.3 Å². The Kier molecular flexibility index (Phi) is 5.34. The lowest BCUT2D eigenvalue weighted by Gasteiger charge is -2.22. The quantitative estimate of drug-likeness (QED) is 0.903. The van der Waals surface area contributed by atoms with E-state index in [4.69, 9.17) is 4.42 Å². The Labute approximate surface area is 120 Å². The van der Waals surface area contributed by atoms with E-state index in [0.717, 1.165) is 17.4 Å². The molecule has 1 aromatic carbocycles. The molecule has 4 heteroatoms. The SMILES string of the molecule is CCc1cccc2cc(C(O)CNC(C)(C)C)oc12.O. The van der Waals surface area contributed by atoms with Crippen molar-refractivity contribution >= 4 is 11.0 Å². The number of para-hydroxylation sites is 1. The first-order valence-corrected chi connectivity index (χ1v) is 6.85. The first-order chi connectivity index (χ1) is 8.90. The van der Waals surface area contributed by atoms with Crippen LogP contribution in [0.4, 0.5) is 0 Å². The lowest BCUT2D eigenvalue weighted by atomic mass is 10.1. The Morgan fingerprint density at radius 2 is 2.00 bits per heavy atom. The fraction of sp³-hybridized carbons (Fsp3) is 0.500. The van der Waals surface area contributed by atoms with E-state index < -0.39 is 6.10 Å². The molecule has 2 rings (SSSR count). The van der Waals surface area contributed by atoms with E-state index >= 15 is 0 Å². The average Bonchev–Trinajstić information content (AvgIpc) is 2.78. The van der Waals surface area contributed by atoms with Crippen LogP contribution < -0.4 is 5.32 Å².